The highest BCUT2D eigenvalue weighted by Gasteiger charge is 2.21. The van der Waals surface area contributed by atoms with Gasteiger partial charge in [0.05, 0.1) is 5.56 Å². The maximum absolute atomic E-state index is 12.0. The molecule has 1 aromatic heterocycles. The normalized spacial score (nSPS) is 13.1. The lowest BCUT2D eigenvalue weighted by molar-refractivity contribution is -0.115. The molecule has 0 saturated heterocycles. The number of hydrogen-bond donors (Lipinski definition) is 2. The standard InChI is InChI=1S/C19H17N3OS2/c20-12-15-14-8-4-5-9-16(14)25-18(15)22-19(24)21-17(23)11-10-13-6-2-1-3-7-13/h1-3,6-7,10-11H,4-5,8-9H2,(H2,21,22,23,24). The second kappa shape index (κ2) is 8.06. The molecule has 0 spiro atoms. The number of fused-ring (bicyclic) bond motifs is 1. The molecular formula is C19H17N3OS2. The molecular weight excluding hydrogens is 350 g/mol. The van der Waals surface area contributed by atoms with Gasteiger partial charge in [0.15, 0.2) is 5.11 Å². The van der Waals surface area contributed by atoms with Crippen LogP contribution in [0.15, 0.2) is 36.4 Å². The summed E-state index contributed by atoms with van der Waals surface area (Å²) in [6, 6.07) is 11.8. The lowest BCUT2D eigenvalue weighted by Crippen LogP contribution is -2.32. The van der Waals surface area contributed by atoms with E-state index < -0.39 is 0 Å². The van der Waals surface area contributed by atoms with E-state index in [2.05, 4.69) is 16.7 Å². The molecule has 4 nitrogen and oxygen atoms in total. The molecule has 3 rings (SSSR count). The number of nitrogens with zero attached hydrogens (tertiary/aromatic N) is 1. The third-order valence-corrected chi connectivity index (χ3v) is 5.38. The summed E-state index contributed by atoms with van der Waals surface area (Å²) in [6.07, 6.45) is 7.38. The van der Waals surface area contributed by atoms with Gasteiger partial charge in [0.25, 0.3) is 0 Å². The Bertz CT molecular complexity index is 863. The first-order valence-corrected chi connectivity index (χ1v) is 9.29. The highest BCUT2D eigenvalue weighted by molar-refractivity contribution is 7.80. The SMILES string of the molecule is N#Cc1c(NC(=S)NC(=O)C=Cc2ccccc2)sc2c1CCCC2. The molecule has 1 amide bonds. The number of nitriles is 1. The van der Waals surface area contributed by atoms with Crippen LogP contribution < -0.4 is 10.6 Å². The Morgan fingerprint density at radius 3 is 2.76 bits per heavy atom. The number of carbonyl (C=O) groups excluding carboxylic acids is 1. The number of rotatable bonds is 3. The van der Waals surface area contributed by atoms with Crippen molar-refractivity contribution in [2.45, 2.75) is 25.7 Å². The van der Waals surface area contributed by atoms with Crippen molar-refractivity contribution in [2.75, 3.05) is 5.32 Å². The molecule has 2 N–H and O–H groups in total. The molecule has 0 radical (unpaired) electrons. The number of thiophene rings is 1. The monoisotopic (exact) mass is 367 g/mol. The summed E-state index contributed by atoms with van der Waals surface area (Å²) >= 11 is 6.77. The summed E-state index contributed by atoms with van der Waals surface area (Å²) in [5.74, 6) is -0.304. The van der Waals surface area contributed by atoms with E-state index in [0.717, 1.165) is 41.8 Å². The Morgan fingerprint density at radius 2 is 2.00 bits per heavy atom. The summed E-state index contributed by atoms with van der Waals surface area (Å²) < 4.78 is 0. The zero-order chi connectivity index (χ0) is 17.6. The summed E-state index contributed by atoms with van der Waals surface area (Å²) in [6.45, 7) is 0. The Labute approximate surface area is 156 Å². The van der Waals surface area contributed by atoms with E-state index in [-0.39, 0.29) is 11.0 Å². The first kappa shape index (κ1) is 17.3. The Morgan fingerprint density at radius 1 is 1.24 bits per heavy atom. The molecule has 0 aliphatic heterocycles. The lowest BCUT2D eigenvalue weighted by Gasteiger charge is -2.09. The smallest absolute Gasteiger partial charge is 0.250 e. The Balaban J connectivity index is 1.63. The molecule has 1 heterocycles. The van der Waals surface area contributed by atoms with Crippen molar-refractivity contribution in [3.05, 3.63) is 58.0 Å². The van der Waals surface area contributed by atoms with Crippen molar-refractivity contribution in [2.24, 2.45) is 0 Å². The summed E-state index contributed by atoms with van der Waals surface area (Å²) in [5, 5.41) is 16.0. The molecule has 1 aliphatic carbocycles. The highest BCUT2D eigenvalue weighted by atomic mass is 32.1. The number of carbonyl (C=O) groups is 1. The quantitative estimate of drug-likeness (QED) is 0.635. The van der Waals surface area contributed by atoms with E-state index in [4.69, 9.17) is 12.2 Å². The van der Waals surface area contributed by atoms with Crippen molar-refractivity contribution >= 4 is 45.7 Å². The molecule has 0 atom stereocenters. The summed E-state index contributed by atoms with van der Waals surface area (Å²) in [4.78, 5) is 13.2. The first-order chi connectivity index (χ1) is 12.2. The lowest BCUT2D eigenvalue weighted by atomic mass is 9.96. The van der Waals surface area contributed by atoms with Crippen molar-refractivity contribution in [3.63, 3.8) is 0 Å². The molecule has 6 heteroatoms. The molecule has 1 aliphatic rings. The second-order valence-electron chi connectivity index (χ2n) is 5.71. The molecule has 1 aromatic carbocycles. The third-order valence-electron chi connectivity index (χ3n) is 3.97. The van der Waals surface area contributed by atoms with Gasteiger partial charge in [-0.1, -0.05) is 30.3 Å². The number of amides is 1. The van der Waals surface area contributed by atoms with E-state index in [9.17, 15) is 10.1 Å². The minimum Gasteiger partial charge on any atom is -0.323 e. The van der Waals surface area contributed by atoms with E-state index >= 15 is 0 Å². The molecule has 2 aromatic rings. The molecule has 0 saturated carbocycles. The number of thiocarbonyl (C=S) groups is 1. The van der Waals surface area contributed by atoms with Crippen molar-refractivity contribution in [1.29, 1.82) is 5.26 Å². The highest BCUT2D eigenvalue weighted by Crippen LogP contribution is 2.37. The predicted molar refractivity (Wildman–Crippen MR) is 106 cm³/mol. The van der Waals surface area contributed by atoms with E-state index in [1.54, 1.807) is 17.4 Å². The molecule has 0 fully saturated rings. The van der Waals surface area contributed by atoms with Crippen molar-refractivity contribution < 1.29 is 4.79 Å². The van der Waals surface area contributed by atoms with Crippen LogP contribution in [0.25, 0.3) is 6.08 Å². The Hall–Kier alpha value is -2.49. The molecule has 126 valence electrons. The van der Waals surface area contributed by atoms with Gasteiger partial charge in [0.1, 0.15) is 11.1 Å². The van der Waals surface area contributed by atoms with E-state index in [1.807, 2.05) is 30.3 Å². The molecule has 0 unspecified atom stereocenters. The van der Waals surface area contributed by atoms with Crippen LogP contribution in [0.4, 0.5) is 5.00 Å². The summed E-state index contributed by atoms with van der Waals surface area (Å²) in [5.41, 5.74) is 2.74. The predicted octanol–water partition coefficient (Wildman–Crippen LogP) is 4.02. The minimum absolute atomic E-state index is 0.206. The van der Waals surface area contributed by atoms with Gasteiger partial charge in [0.2, 0.25) is 5.91 Å². The van der Waals surface area contributed by atoms with Crippen molar-refractivity contribution in [1.82, 2.24) is 5.32 Å². The van der Waals surface area contributed by atoms with Crippen LogP contribution >= 0.6 is 23.6 Å². The van der Waals surface area contributed by atoms with E-state index in [0.29, 0.717) is 5.56 Å². The zero-order valence-corrected chi connectivity index (χ0v) is 15.2. The van der Waals surface area contributed by atoms with Gasteiger partial charge in [-0.2, -0.15) is 5.26 Å². The van der Waals surface area contributed by atoms with Gasteiger partial charge in [-0.05, 0) is 55.1 Å². The van der Waals surface area contributed by atoms with Gasteiger partial charge >= 0.3 is 0 Å². The van der Waals surface area contributed by atoms with Crippen LogP contribution in [0, 0.1) is 11.3 Å². The maximum atomic E-state index is 12.0. The molecule has 25 heavy (non-hydrogen) atoms. The van der Waals surface area contributed by atoms with Crippen LogP contribution in [0.1, 0.15) is 34.4 Å². The average molecular weight is 367 g/mol. The fourth-order valence-electron chi connectivity index (χ4n) is 2.80. The van der Waals surface area contributed by atoms with Gasteiger partial charge < -0.3 is 5.32 Å². The minimum atomic E-state index is -0.304. The maximum Gasteiger partial charge on any atom is 0.250 e. The second-order valence-corrected chi connectivity index (χ2v) is 7.23. The fraction of sp³-hybridized carbons (Fsp3) is 0.211. The van der Waals surface area contributed by atoms with Gasteiger partial charge in [0, 0.05) is 11.0 Å². The number of anilines is 1. The van der Waals surface area contributed by atoms with Crippen LogP contribution in [0.2, 0.25) is 0 Å². The van der Waals surface area contributed by atoms with Crippen LogP contribution in [0.5, 0.6) is 0 Å². The van der Waals surface area contributed by atoms with Crippen LogP contribution in [0.3, 0.4) is 0 Å². The van der Waals surface area contributed by atoms with Crippen molar-refractivity contribution in [3.8, 4) is 6.07 Å². The first-order valence-electron chi connectivity index (χ1n) is 8.07. The number of nitrogens with one attached hydrogen (secondary N) is 2. The largest absolute Gasteiger partial charge is 0.323 e. The molecule has 0 bridgehead atoms. The third kappa shape index (κ3) is 4.32. The number of aryl methyl sites for hydroxylation is 1. The van der Waals surface area contributed by atoms with Gasteiger partial charge in [-0.25, -0.2) is 0 Å². The van der Waals surface area contributed by atoms with E-state index in [1.165, 1.54) is 11.0 Å². The Kier molecular flexibility index (Phi) is 5.59. The number of hydrogen-bond acceptors (Lipinski definition) is 4. The fourth-order valence-corrected chi connectivity index (χ4v) is 4.31. The van der Waals surface area contributed by atoms with Gasteiger partial charge in [-0.15, -0.1) is 11.3 Å². The average Bonchev–Trinajstić information content (AvgIpc) is 2.97. The van der Waals surface area contributed by atoms with Gasteiger partial charge in [-0.3, -0.25) is 10.1 Å². The topological polar surface area (TPSA) is 64.9 Å². The zero-order valence-electron chi connectivity index (χ0n) is 13.5. The number of benzene rings is 1. The summed E-state index contributed by atoms with van der Waals surface area (Å²) in [7, 11) is 0. The van der Waals surface area contributed by atoms with Crippen LogP contribution in [-0.4, -0.2) is 11.0 Å². The van der Waals surface area contributed by atoms with Crippen LogP contribution in [-0.2, 0) is 17.6 Å².